The molecule has 0 radical (unpaired) electrons. The lowest BCUT2D eigenvalue weighted by Crippen LogP contribution is -2.34. The Kier molecular flexibility index (Phi) is 3.54. The van der Waals surface area contributed by atoms with Crippen molar-refractivity contribution in [1.82, 2.24) is 0 Å². The molecule has 2 atom stereocenters. The van der Waals surface area contributed by atoms with Crippen LogP contribution in [-0.2, 0) is 19.0 Å². The lowest BCUT2D eigenvalue weighted by Gasteiger charge is -2.28. The fourth-order valence-electron chi connectivity index (χ4n) is 1.63. The zero-order valence-electron chi connectivity index (χ0n) is 9.09. The van der Waals surface area contributed by atoms with Crippen molar-refractivity contribution in [2.45, 2.75) is 18.8 Å². The Hall–Kier alpha value is -1.39. The topological polar surface area (TPSA) is 44.8 Å². The average Bonchev–Trinajstić information content (AvgIpc) is 2.39. The summed E-state index contributed by atoms with van der Waals surface area (Å²) in [7, 11) is 1.36. The van der Waals surface area contributed by atoms with E-state index in [1.165, 1.54) is 7.11 Å². The van der Waals surface area contributed by atoms with Crippen LogP contribution in [0.3, 0.4) is 0 Å². The normalized spacial score (nSPS) is 25.1. The summed E-state index contributed by atoms with van der Waals surface area (Å²) < 4.78 is 15.6. The Labute approximate surface area is 94.1 Å². The number of hydrogen-bond donors (Lipinski definition) is 0. The van der Waals surface area contributed by atoms with E-state index in [1.54, 1.807) is 0 Å². The second kappa shape index (κ2) is 5.09. The van der Waals surface area contributed by atoms with E-state index in [9.17, 15) is 4.79 Å². The van der Waals surface area contributed by atoms with E-state index < -0.39 is 12.4 Å². The van der Waals surface area contributed by atoms with E-state index in [2.05, 4.69) is 4.74 Å². The van der Waals surface area contributed by atoms with Crippen LogP contribution in [0, 0.1) is 0 Å². The molecule has 0 aliphatic carbocycles. The third-order valence-corrected chi connectivity index (χ3v) is 2.47. The summed E-state index contributed by atoms with van der Waals surface area (Å²) >= 11 is 0. The SMILES string of the molecule is COC(=O)[C@H]1CCOC(c2ccccc2)O1. The standard InChI is InChI=1S/C12H14O4/c1-14-11(13)10-7-8-15-12(16-10)9-5-3-2-4-6-9/h2-6,10,12H,7-8H2,1H3/t10-,12?/m1/s1. The van der Waals surface area contributed by atoms with Crippen LogP contribution in [0.2, 0.25) is 0 Å². The lowest BCUT2D eigenvalue weighted by molar-refractivity contribution is -0.225. The molecule has 4 nitrogen and oxygen atoms in total. The van der Waals surface area contributed by atoms with Gasteiger partial charge in [0.05, 0.1) is 13.7 Å². The van der Waals surface area contributed by atoms with Crippen molar-refractivity contribution < 1.29 is 19.0 Å². The zero-order valence-corrected chi connectivity index (χ0v) is 9.09. The van der Waals surface area contributed by atoms with Gasteiger partial charge in [-0.05, 0) is 0 Å². The first-order valence-corrected chi connectivity index (χ1v) is 5.21. The van der Waals surface area contributed by atoms with Crippen molar-refractivity contribution >= 4 is 5.97 Å². The molecule has 0 spiro atoms. The van der Waals surface area contributed by atoms with Gasteiger partial charge in [-0.15, -0.1) is 0 Å². The average molecular weight is 222 g/mol. The largest absolute Gasteiger partial charge is 0.467 e. The van der Waals surface area contributed by atoms with Gasteiger partial charge < -0.3 is 14.2 Å². The fourth-order valence-corrected chi connectivity index (χ4v) is 1.63. The lowest BCUT2D eigenvalue weighted by atomic mass is 10.2. The molecule has 1 aliphatic heterocycles. The second-order valence-corrected chi connectivity index (χ2v) is 3.55. The van der Waals surface area contributed by atoms with Crippen molar-refractivity contribution in [3.8, 4) is 0 Å². The maximum atomic E-state index is 11.3. The number of esters is 1. The molecule has 1 unspecified atom stereocenters. The first-order chi connectivity index (χ1) is 7.81. The van der Waals surface area contributed by atoms with Crippen LogP contribution in [0.1, 0.15) is 18.3 Å². The molecular weight excluding hydrogens is 208 g/mol. The van der Waals surface area contributed by atoms with Crippen LogP contribution in [-0.4, -0.2) is 25.8 Å². The first kappa shape index (κ1) is 11.1. The first-order valence-electron chi connectivity index (χ1n) is 5.21. The maximum Gasteiger partial charge on any atom is 0.335 e. The molecule has 86 valence electrons. The molecule has 0 N–H and O–H groups in total. The molecule has 4 heteroatoms. The highest BCUT2D eigenvalue weighted by Crippen LogP contribution is 2.26. The minimum atomic E-state index is -0.524. The summed E-state index contributed by atoms with van der Waals surface area (Å²) in [6.45, 7) is 0.499. The summed E-state index contributed by atoms with van der Waals surface area (Å²) in [4.78, 5) is 11.3. The number of carbonyl (C=O) groups excluding carboxylic acids is 1. The van der Waals surface area contributed by atoms with Crippen molar-refractivity contribution in [3.63, 3.8) is 0 Å². The van der Waals surface area contributed by atoms with E-state index in [-0.39, 0.29) is 5.97 Å². The molecule has 0 saturated carbocycles. The highest BCUT2D eigenvalue weighted by molar-refractivity contribution is 5.74. The van der Waals surface area contributed by atoms with Crippen LogP contribution in [0.4, 0.5) is 0 Å². The number of hydrogen-bond acceptors (Lipinski definition) is 4. The molecule has 0 bridgehead atoms. The molecule has 1 aliphatic rings. The van der Waals surface area contributed by atoms with E-state index in [0.717, 1.165) is 5.56 Å². The van der Waals surface area contributed by atoms with Crippen LogP contribution in [0.25, 0.3) is 0 Å². The van der Waals surface area contributed by atoms with Gasteiger partial charge in [0.15, 0.2) is 12.4 Å². The summed E-state index contributed by atoms with van der Waals surface area (Å²) in [5.41, 5.74) is 0.913. The van der Waals surface area contributed by atoms with Gasteiger partial charge in [0.1, 0.15) is 0 Å². The summed E-state index contributed by atoms with van der Waals surface area (Å²) in [5.74, 6) is -0.343. The van der Waals surface area contributed by atoms with Crippen LogP contribution < -0.4 is 0 Å². The van der Waals surface area contributed by atoms with Gasteiger partial charge >= 0.3 is 5.97 Å². The highest BCUT2D eigenvalue weighted by Gasteiger charge is 2.29. The Balaban J connectivity index is 2.05. The summed E-state index contributed by atoms with van der Waals surface area (Å²) in [6.07, 6.45) is -0.460. The van der Waals surface area contributed by atoms with E-state index >= 15 is 0 Å². The van der Waals surface area contributed by atoms with Gasteiger partial charge in [-0.3, -0.25) is 0 Å². The number of carbonyl (C=O) groups is 1. The number of benzene rings is 1. The van der Waals surface area contributed by atoms with E-state index in [4.69, 9.17) is 9.47 Å². The molecular formula is C12H14O4. The maximum absolute atomic E-state index is 11.3. The Morgan fingerprint density at radius 1 is 1.38 bits per heavy atom. The molecule has 1 aromatic rings. The molecule has 1 saturated heterocycles. The minimum Gasteiger partial charge on any atom is -0.467 e. The van der Waals surface area contributed by atoms with Crippen LogP contribution in [0.5, 0.6) is 0 Å². The van der Waals surface area contributed by atoms with Crippen molar-refractivity contribution in [2.75, 3.05) is 13.7 Å². The molecule has 0 amide bonds. The minimum absolute atomic E-state index is 0.343. The molecule has 16 heavy (non-hydrogen) atoms. The summed E-state index contributed by atoms with van der Waals surface area (Å²) in [5, 5.41) is 0. The van der Waals surface area contributed by atoms with Crippen molar-refractivity contribution in [3.05, 3.63) is 35.9 Å². The highest BCUT2D eigenvalue weighted by atomic mass is 16.7. The smallest absolute Gasteiger partial charge is 0.335 e. The van der Waals surface area contributed by atoms with Gasteiger partial charge in [-0.2, -0.15) is 0 Å². The quantitative estimate of drug-likeness (QED) is 0.714. The Morgan fingerprint density at radius 2 is 2.12 bits per heavy atom. The monoisotopic (exact) mass is 222 g/mol. The molecule has 0 aromatic heterocycles. The van der Waals surface area contributed by atoms with E-state index in [0.29, 0.717) is 13.0 Å². The molecule has 1 fully saturated rings. The third-order valence-electron chi connectivity index (χ3n) is 2.47. The van der Waals surface area contributed by atoms with E-state index in [1.807, 2.05) is 30.3 Å². The van der Waals surface area contributed by atoms with Crippen molar-refractivity contribution in [2.24, 2.45) is 0 Å². The number of rotatable bonds is 2. The second-order valence-electron chi connectivity index (χ2n) is 3.55. The van der Waals surface area contributed by atoms with Gasteiger partial charge in [0.2, 0.25) is 0 Å². The predicted molar refractivity (Wildman–Crippen MR) is 56.6 cm³/mol. The van der Waals surface area contributed by atoms with Gasteiger partial charge in [0.25, 0.3) is 0 Å². The van der Waals surface area contributed by atoms with Crippen LogP contribution in [0.15, 0.2) is 30.3 Å². The zero-order chi connectivity index (χ0) is 11.4. The number of methoxy groups -OCH3 is 1. The third kappa shape index (κ3) is 2.40. The van der Waals surface area contributed by atoms with Gasteiger partial charge in [-0.1, -0.05) is 30.3 Å². The molecule has 1 aromatic carbocycles. The summed E-state index contributed by atoms with van der Waals surface area (Å²) in [6, 6.07) is 9.55. The Morgan fingerprint density at radius 3 is 2.81 bits per heavy atom. The predicted octanol–water partition coefficient (Wildman–Crippen LogP) is 1.66. The Bertz CT molecular complexity index is 349. The van der Waals surface area contributed by atoms with Gasteiger partial charge in [0, 0.05) is 12.0 Å². The number of ether oxygens (including phenoxy) is 3. The van der Waals surface area contributed by atoms with Gasteiger partial charge in [-0.25, -0.2) is 4.79 Å². The molecule has 2 rings (SSSR count). The molecule has 1 heterocycles. The fraction of sp³-hybridized carbons (Fsp3) is 0.417. The van der Waals surface area contributed by atoms with Crippen molar-refractivity contribution in [1.29, 1.82) is 0 Å². The van der Waals surface area contributed by atoms with Crippen LogP contribution >= 0.6 is 0 Å².